The van der Waals surface area contributed by atoms with Crippen molar-refractivity contribution in [3.8, 4) is 0 Å². The highest BCUT2D eigenvalue weighted by Gasteiger charge is 2.40. The van der Waals surface area contributed by atoms with E-state index in [2.05, 4.69) is 10.2 Å². The standard InChI is InChI=1S/C16H28N2O3/c1-3-16(4-2,15(20)21)11-14(19)17-12-8-10-18-9-6-5-7-13(12)18/h12-13H,3-11H2,1-2H3,(H,17,19)(H,20,21). The number of carbonyl (C=O) groups is 2. The Kier molecular flexibility index (Phi) is 5.25. The minimum absolute atomic E-state index is 0.0958. The lowest BCUT2D eigenvalue weighted by Crippen LogP contribution is -2.48. The molecule has 2 saturated heterocycles. The number of carbonyl (C=O) groups excluding carboxylic acids is 1. The highest BCUT2D eigenvalue weighted by molar-refractivity contribution is 5.85. The summed E-state index contributed by atoms with van der Waals surface area (Å²) >= 11 is 0. The van der Waals surface area contributed by atoms with E-state index < -0.39 is 11.4 Å². The SMILES string of the molecule is CCC(CC)(CC(=O)NC1CCN2CCCCC12)C(=O)O. The van der Waals surface area contributed by atoms with Crippen molar-refractivity contribution in [3.05, 3.63) is 0 Å². The van der Waals surface area contributed by atoms with E-state index in [1.54, 1.807) is 0 Å². The molecule has 0 aromatic heterocycles. The molecule has 2 N–H and O–H groups in total. The van der Waals surface area contributed by atoms with Gasteiger partial charge >= 0.3 is 5.97 Å². The monoisotopic (exact) mass is 296 g/mol. The molecule has 0 saturated carbocycles. The Morgan fingerprint density at radius 2 is 1.90 bits per heavy atom. The van der Waals surface area contributed by atoms with E-state index in [1.807, 2.05) is 13.8 Å². The maximum absolute atomic E-state index is 12.3. The number of aliphatic carboxylic acids is 1. The number of fused-ring (bicyclic) bond motifs is 1. The van der Waals surface area contributed by atoms with Crippen molar-refractivity contribution in [2.24, 2.45) is 5.41 Å². The van der Waals surface area contributed by atoms with Gasteiger partial charge in [0.2, 0.25) is 5.91 Å². The average Bonchev–Trinajstić information content (AvgIpc) is 2.88. The summed E-state index contributed by atoms with van der Waals surface area (Å²) in [5, 5.41) is 12.5. The number of amides is 1. The zero-order valence-corrected chi connectivity index (χ0v) is 13.2. The van der Waals surface area contributed by atoms with Crippen molar-refractivity contribution in [2.45, 2.75) is 70.9 Å². The summed E-state index contributed by atoms with van der Waals surface area (Å²) < 4.78 is 0. The second kappa shape index (κ2) is 6.77. The van der Waals surface area contributed by atoms with Crippen molar-refractivity contribution < 1.29 is 14.7 Å². The molecule has 2 heterocycles. The summed E-state index contributed by atoms with van der Waals surface area (Å²) in [5.41, 5.74) is -0.908. The van der Waals surface area contributed by atoms with E-state index in [9.17, 15) is 14.7 Å². The highest BCUT2D eigenvalue weighted by Crippen LogP contribution is 2.32. The molecule has 5 nitrogen and oxygen atoms in total. The number of carboxylic acid groups (broad SMARTS) is 1. The second-order valence-electron chi connectivity index (χ2n) is 6.53. The van der Waals surface area contributed by atoms with Gasteiger partial charge in [0.25, 0.3) is 0 Å². The van der Waals surface area contributed by atoms with E-state index >= 15 is 0 Å². The lowest BCUT2D eigenvalue weighted by Gasteiger charge is -2.33. The van der Waals surface area contributed by atoms with Gasteiger partial charge in [-0.25, -0.2) is 0 Å². The summed E-state index contributed by atoms with van der Waals surface area (Å²) in [6, 6.07) is 0.670. The van der Waals surface area contributed by atoms with Gasteiger partial charge < -0.3 is 10.4 Å². The van der Waals surface area contributed by atoms with E-state index in [4.69, 9.17) is 0 Å². The molecule has 5 heteroatoms. The van der Waals surface area contributed by atoms with Crippen LogP contribution in [0.5, 0.6) is 0 Å². The third-order valence-electron chi connectivity index (χ3n) is 5.51. The van der Waals surface area contributed by atoms with Crippen molar-refractivity contribution in [1.82, 2.24) is 10.2 Å². The molecule has 21 heavy (non-hydrogen) atoms. The molecule has 0 bridgehead atoms. The molecule has 2 aliphatic rings. The largest absolute Gasteiger partial charge is 0.481 e. The van der Waals surface area contributed by atoms with Gasteiger partial charge in [-0.2, -0.15) is 0 Å². The molecular weight excluding hydrogens is 268 g/mol. The van der Waals surface area contributed by atoms with E-state index in [1.165, 1.54) is 12.8 Å². The Balaban J connectivity index is 1.93. The average molecular weight is 296 g/mol. The fraction of sp³-hybridized carbons (Fsp3) is 0.875. The van der Waals surface area contributed by atoms with E-state index in [-0.39, 0.29) is 18.4 Å². The molecule has 2 aliphatic heterocycles. The smallest absolute Gasteiger partial charge is 0.310 e. The summed E-state index contributed by atoms with van der Waals surface area (Å²) in [4.78, 5) is 26.3. The van der Waals surface area contributed by atoms with Crippen LogP contribution in [-0.2, 0) is 9.59 Å². The lowest BCUT2D eigenvalue weighted by atomic mass is 9.79. The van der Waals surface area contributed by atoms with Crippen LogP contribution in [0.1, 0.15) is 58.8 Å². The minimum atomic E-state index is -0.908. The normalized spacial score (nSPS) is 26.4. The van der Waals surface area contributed by atoms with Gasteiger partial charge in [-0.3, -0.25) is 14.5 Å². The van der Waals surface area contributed by atoms with Crippen molar-refractivity contribution in [1.29, 1.82) is 0 Å². The number of rotatable bonds is 6. The fourth-order valence-corrected chi connectivity index (χ4v) is 3.86. The Morgan fingerprint density at radius 3 is 2.52 bits per heavy atom. The van der Waals surface area contributed by atoms with Gasteiger partial charge in [-0.1, -0.05) is 20.3 Å². The van der Waals surface area contributed by atoms with Crippen LogP contribution in [0.25, 0.3) is 0 Å². The van der Waals surface area contributed by atoms with Crippen LogP contribution in [0, 0.1) is 5.41 Å². The molecule has 0 aromatic rings. The zero-order valence-electron chi connectivity index (χ0n) is 13.2. The van der Waals surface area contributed by atoms with Crippen LogP contribution < -0.4 is 5.32 Å². The molecule has 2 rings (SSSR count). The lowest BCUT2D eigenvalue weighted by molar-refractivity contribution is -0.152. The molecular formula is C16H28N2O3. The van der Waals surface area contributed by atoms with Gasteiger partial charge in [0.1, 0.15) is 0 Å². The molecule has 2 fully saturated rings. The topological polar surface area (TPSA) is 69.6 Å². The third-order valence-corrected chi connectivity index (χ3v) is 5.51. The number of piperidine rings is 1. The highest BCUT2D eigenvalue weighted by atomic mass is 16.4. The zero-order chi connectivity index (χ0) is 15.5. The molecule has 0 aromatic carbocycles. The molecule has 2 unspecified atom stereocenters. The van der Waals surface area contributed by atoms with E-state index in [0.717, 1.165) is 25.9 Å². The van der Waals surface area contributed by atoms with E-state index in [0.29, 0.717) is 18.9 Å². The summed E-state index contributed by atoms with van der Waals surface area (Å²) in [7, 11) is 0. The minimum Gasteiger partial charge on any atom is -0.481 e. The Hall–Kier alpha value is -1.10. The molecule has 1 amide bonds. The van der Waals surface area contributed by atoms with Crippen LogP contribution in [0.4, 0.5) is 0 Å². The molecule has 120 valence electrons. The molecule has 2 atom stereocenters. The first-order valence-electron chi connectivity index (χ1n) is 8.29. The van der Waals surface area contributed by atoms with Gasteiger partial charge in [0.15, 0.2) is 0 Å². The van der Waals surface area contributed by atoms with Gasteiger partial charge in [-0.15, -0.1) is 0 Å². The van der Waals surface area contributed by atoms with Crippen molar-refractivity contribution in [3.63, 3.8) is 0 Å². The van der Waals surface area contributed by atoms with Crippen molar-refractivity contribution >= 4 is 11.9 Å². The van der Waals surface area contributed by atoms with Gasteiger partial charge in [0.05, 0.1) is 5.41 Å². The van der Waals surface area contributed by atoms with Gasteiger partial charge in [0, 0.05) is 25.0 Å². The first-order chi connectivity index (χ1) is 10.0. The predicted octanol–water partition coefficient (Wildman–Crippen LogP) is 2.01. The number of nitrogens with one attached hydrogen (secondary N) is 1. The maximum atomic E-state index is 12.3. The first kappa shape index (κ1) is 16.3. The van der Waals surface area contributed by atoms with Crippen LogP contribution in [0.3, 0.4) is 0 Å². The quantitative estimate of drug-likeness (QED) is 0.786. The van der Waals surface area contributed by atoms with Crippen LogP contribution >= 0.6 is 0 Å². The summed E-state index contributed by atoms with van der Waals surface area (Å²) in [5.74, 6) is -0.952. The van der Waals surface area contributed by atoms with Crippen LogP contribution in [0.15, 0.2) is 0 Å². The van der Waals surface area contributed by atoms with Crippen LogP contribution in [0.2, 0.25) is 0 Å². The molecule has 0 spiro atoms. The summed E-state index contributed by atoms with van der Waals surface area (Å²) in [6.07, 6.45) is 5.71. The molecule has 0 radical (unpaired) electrons. The predicted molar refractivity (Wildman–Crippen MR) is 81.0 cm³/mol. The Morgan fingerprint density at radius 1 is 1.19 bits per heavy atom. The Labute approximate surface area is 127 Å². The fourth-order valence-electron chi connectivity index (χ4n) is 3.86. The number of hydrogen-bond acceptors (Lipinski definition) is 3. The number of carboxylic acids is 1. The van der Waals surface area contributed by atoms with Crippen molar-refractivity contribution in [2.75, 3.05) is 13.1 Å². The molecule has 0 aliphatic carbocycles. The number of nitrogens with zero attached hydrogens (tertiary/aromatic N) is 1. The second-order valence-corrected chi connectivity index (χ2v) is 6.53. The first-order valence-corrected chi connectivity index (χ1v) is 8.29. The van der Waals surface area contributed by atoms with Crippen LogP contribution in [-0.4, -0.2) is 47.1 Å². The Bertz CT molecular complexity index is 393. The maximum Gasteiger partial charge on any atom is 0.310 e. The number of hydrogen-bond donors (Lipinski definition) is 2. The third kappa shape index (κ3) is 3.39. The van der Waals surface area contributed by atoms with Gasteiger partial charge in [-0.05, 0) is 38.6 Å². The summed E-state index contributed by atoms with van der Waals surface area (Å²) in [6.45, 7) is 5.90.